The van der Waals surface area contributed by atoms with Crippen LogP contribution in [0.4, 0.5) is 13.2 Å². The van der Waals surface area contributed by atoms with E-state index in [0.29, 0.717) is 10.6 Å². The molecule has 2 atom stereocenters. The first-order valence-corrected chi connectivity index (χ1v) is 11.0. The molecule has 0 saturated carbocycles. The van der Waals surface area contributed by atoms with Crippen molar-refractivity contribution < 1.29 is 27.8 Å². The van der Waals surface area contributed by atoms with Crippen molar-refractivity contribution in [1.29, 1.82) is 0 Å². The Morgan fingerprint density at radius 3 is 2.29 bits per heavy atom. The predicted octanol–water partition coefficient (Wildman–Crippen LogP) is 6.20. The zero-order chi connectivity index (χ0) is 24.7. The topological polar surface area (TPSA) is 49.8 Å². The van der Waals surface area contributed by atoms with Gasteiger partial charge < -0.3 is 9.84 Å². The van der Waals surface area contributed by atoms with E-state index in [4.69, 9.17) is 16.3 Å². The molecule has 3 aromatic rings. The van der Waals surface area contributed by atoms with Gasteiger partial charge in [0.2, 0.25) is 0 Å². The highest BCUT2D eigenvalue weighted by molar-refractivity contribution is 6.30. The first kappa shape index (κ1) is 24.3. The van der Waals surface area contributed by atoms with Crippen molar-refractivity contribution in [3.05, 3.63) is 94.0 Å². The molecule has 34 heavy (non-hydrogen) atoms. The number of nitrogens with zero attached hydrogens (tertiary/aromatic N) is 1. The number of hydrogen-bond donors (Lipinski definition) is 1. The number of benzene rings is 3. The van der Waals surface area contributed by atoms with Crippen LogP contribution in [-0.2, 0) is 27.9 Å². The van der Waals surface area contributed by atoms with Crippen molar-refractivity contribution in [2.24, 2.45) is 0 Å². The molecule has 1 aliphatic heterocycles. The molecule has 0 radical (unpaired) electrons. The first-order chi connectivity index (χ1) is 16.0. The molecule has 178 valence electrons. The van der Waals surface area contributed by atoms with E-state index in [-0.39, 0.29) is 19.2 Å². The lowest BCUT2D eigenvalue weighted by Crippen LogP contribution is -2.49. The molecule has 0 bridgehead atoms. The molecule has 1 heterocycles. The second kappa shape index (κ2) is 9.06. The molecule has 0 aliphatic carbocycles. The Bertz CT molecular complexity index is 1200. The van der Waals surface area contributed by atoms with Gasteiger partial charge >= 0.3 is 12.1 Å². The monoisotopic (exact) mass is 489 g/mol. The normalized spacial score (nSPS) is 18.7. The third kappa shape index (κ3) is 4.43. The fourth-order valence-electron chi connectivity index (χ4n) is 4.56. The van der Waals surface area contributed by atoms with E-state index >= 15 is 0 Å². The quantitative estimate of drug-likeness (QED) is 0.447. The average molecular weight is 490 g/mol. The van der Waals surface area contributed by atoms with E-state index in [1.54, 1.807) is 24.1 Å². The van der Waals surface area contributed by atoms with Crippen molar-refractivity contribution in [3.63, 3.8) is 0 Å². The van der Waals surface area contributed by atoms with Gasteiger partial charge in [-0.15, -0.1) is 0 Å². The summed E-state index contributed by atoms with van der Waals surface area (Å²) < 4.78 is 45.2. The second-order valence-corrected chi connectivity index (χ2v) is 8.90. The summed E-state index contributed by atoms with van der Waals surface area (Å²) in [6.45, 7) is 2.02. The molecular weight excluding hydrogens is 467 g/mol. The van der Waals surface area contributed by atoms with Crippen LogP contribution >= 0.6 is 11.6 Å². The Labute approximate surface area is 200 Å². The van der Waals surface area contributed by atoms with Crippen molar-refractivity contribution in [3.8, 4) is 11.1 Å². The van der Waals surface area contributed by atoms with Crippen LogP contribution in [0.2, 0.25) is 5.02 Å². The highest BCUT2D eigenvalue weighted by Crippen LogP contribution is 2.47. The molecule has 3 aromatic carbocycles. The van der Waals surface area contributed by atoms with Gasteiger partial charge in [0.05, 0.1) is 18.7 Å². The molecule has 2 unspecified atom stereocenters. The maximum Gasteiger partial charge on any atom is 0.416 e. The summed E-state index contributed by atoms with van der Waals surface area (Å²) in [6.07, 6.45) is -4.39. The number of ether oxygens (including phenoxy) is 1. The molecule has 4 nitrogen and oxygen atoms in total. The third-order valence-electron chi connectivity index (χ3n) is 6.41. The van der Waals surface area contributed by atoms with Gasteiger partial charge in [-0.1, -0.05) is 48.0 Å². The molecule has 1 N–H and O–H groups in total. The largest absolute Gasteiger partial charge is 0.480 e. The van der Waals surface area contributed by atoms with E-state index in [1.165, 1.54) is 12.1 Å². The highest BCUT2D eigenvalue weighted by Gasteiger charge is 2.48. The number of rotatable bonds is 6. The molecule has 0 spiro atoms. The molecule has 0 saturated heterocycles. The summed E-state index contributed by atoms with van der Waals surface area (Å²) >= 11 is 6.10. The number of fused-ring (bicyclic) bond motifs is 1. The lowest BCUT2D eigenvalue weighted by Gasteiger charge is -2.40. The maximum absolute atomic E-state index is 12.9. The van der Waals surface area contributed by atoms with Crippen LogP contribution in [0.3, 0.4) is 0 Å². The molecular formula is C26H23ClF3NO3. The zero-order valence-electron chi connectivity index (χ0n) is 18.6. The van der Waals surface area contributed by atoms with Gasteiger partial charge in [-0.2, -0.15) is 13.2 Å². The van der Waals surface area contributed by atoms with Crippen LogP contribution < -0.4 is 0 Å². The van der Waals surface area contributed by atoms with Crippen molar-refractivity contribution >= 4 is 17.6 Å². The van der Waals surface area contributed by atoms with E-state index in [2.05, 4.69) is 0 Å². The SMILES string of the molecule is CC(N(C)CC(=O)O)C1(c2ccc(Cl)cc2)OCc2cc(-c3ccc(C(F)(F)F)cc3)ccc21. The number of halogens is 4. The average Bonchev–Trinajstić information content (AvgIpc) is 3.18. The van der Waals surface area contributed by atoms with Gasteiger partial charge in [0.1, 0.15) is 5.60 Å². The van der Waals surface area contributed by atoms with Crippen LogP contribution in [0.25, 0.3) is 11.1 Å². The standard InChI is InChI=1S/C26H23ClF3NO3/c1-16(31(2)14-24(32)33)25(20-8-10-22(27)11-9-20)23-12-5-18(13-19(23)15-34-25)17-3-6-21(7-4-17)26(28,29)30/h3-13,16H,14-15H2,1-2H3,(H,32,33). The number of carboxylic acids is 1. The summed E-state index contributed by atoms with van der Waals surface area (Å²) in [5.74, 6) is -0.948. The Balaban J connectivity index is 1.77. The zero-order valence-corrected chi connectivity index (χ0v) is 19.3. The third-order valence-corrected chi connectivity index (χ3v) is 6.67. The minimum absolute atomic E-state index is 0.168. The fourth-order valence-corrected chi connectivity index (χ4v) is 4.69. The van der Waals surface area contributed by atoms with Crippen molar-refractivity contribution in [2.75, 3.05) is 13.6 Å². The van der Waals surface area contributed by atoms with Gasteiger partial charge in [0.25, 0.3) is 0 Å². The smallest absolute Gasteiger partial charge is 0.416 e. The van der Waals surface area contributed by atoms with Crippen molar-refractivity contribution in [2.45, 2.75) is 31.3 Å². The Kier molecular flexibility index (Phi) is 6.46. The van der Waals surface area contributed by atoms with Crippen LogP contribution in [0.5, 0.6) is 0 Å². The number of likely N-dealkylation sites (N-methyl/N-ethyl adjacent to an activating group) is 1. The van der Waals surface area contributed by atoms with Gasteiger partial charge in [0.15, 0.2) is 0 Å². The van der Waals surface area contributed by atoms with Gasteiger partial charge in [-0.05, 0) is 72.1 Å². The van der Waals surface area contributed by atoms with Gasteiger partial charge in [-0.3, -0.25) is 9.69 Å². The number of alkyl halides is 3. The number of aliphatic carboxylic acids is 1. The molecule has 0 fully saturated rings. The molecule has 8 heteroatoms. The van der Waals surface area contributed by atoms with Crippen LogP contribution in [0.15, 0.2) is 66.7 Å². The molecule has 1 aliphatic rings. The second-order valence-electron chi connectivity index (χ2n) is 8.46. The minimum Gasteiger partial charge on any atom is -0.480 e. The van der Waals surface area contributed by atoms with Crippen LogP contribution in [0, 0.1) is 0 Å². The van der Waals surface area contributed by atoms with Crippen LogP contribution in [-0.4, -0.2) is 35.6 Å². The number of hydrogen-bond acceptors (Lipinski definition) is 3. The maximum atomic E-state index is 12.9. The highest BCUT2D eigenvalue weighted by atomic mass is 35.5. The first-order valence-electron chi connectivity index (χ1n) is 10.7. The summed E-state index contributed by atoms with van der Waals surface area (Å²) in [5, 5.41) is 9.89. The van der Waals surface area contributed by atoms with Crippen molar-refractivity contribution in [1.82, 2.24) is 4.90 Å². The van der Waals surface area contributed by atoms with Gasteiger partial charge in [0, 0.05) is 11.1 Å². The summed E-state index contributed by atoms with van der Waals surface area (Å²) in [4.78, 5) is 13.1. The lowest BCUT2D eigenvalue weighted by molar-refractivity contribution is -0.140. The number of carbonyl (C=O) groups is 1. The van der Waals surface area contributed by atoms with E-state index in [9.17, 15) is 23.1 Å². The number of carboxylic acid groups (broad SMARTS) is 1. The van der Waals surface area contributed by atoms with Gasteiger partial charge in [-0.25, -0.2) is 0 Å². The van der Waals surface area contributed by atoms with E-state index < -0.39 is 23.3 Å². The summed E-state index contributed by atoms with van der Waals surface area (Å²) in [7, 11) is 1.73. The predicted molar refractivity (Wildman–Crippen MR) is 124 cm³/mol. The van der Waals surface area contributed by atoms with E-state index in [1.807, 2.05) is 37.3 Å². The Morgan fingerprint density at radius 1 is 1.09 bits per heavy atom. The Morgan fingerprint density at radius 2 is 1.71 bits per heavy atom. The lowest BCUT2D eigenvalue weighted by atomic mass is 9.79. The summed E-state index contributed by atoms with van der Waals surface area (Å²) in [5.41, 5.74) is 2.41. The van der Waals surface area contributed by atoms with E-state index in [0.717, 1.165) is 34.4 Å². The molecule has 0 amide bonds. The fraction of sp³-hybridized carbons (Fsp3) is 0.269. The minimum atomic E-state index is -4.39. The van der Waals surface area contributed by atoms with Crippen LogP contribution in [0.1, 0.15) is 29.2 Å². The summed E-state index contributed by atoms with van der Waals surface area (Å²) in [6, 6.07) is 17.6. The molecule has 4 rings (SSSR count). The molecule has 0 aromatic heterocycles. The Hall–Kier alpha value is -2.87.